The van der Waals surface area contributed by atoms with Crippen LogP contribution >= 0.6 is 15.9 Å². The lowest BCUT2D eigenvalue weighted by Gasteiger charge is -2.19. The number of benzene rings is 1. The van der Waals surface area contributed by atoms with Gasteiger partial charge in [0.05, 0.1) is 28.8 Å². The van der Waals surface area contributed by atoms with E-state index in [0.29, 0.717) is 15.9 Å². The summed E-state index contributed by atoms with van der Waals surface area (Å²) in [5.74, 6) is -1.39. The van der Waals surface area contributed by atoms with Crippen molar-refractivity contribution in [2.75, 3.05) is 17.7 Å². The van der Waals surface area contributed by atoms with Gasteiger partial charge in [0.25, 0.3) is 5.91 Å². The molecule has 6 nitrogen and oxygen atoms in total. The van der Waals surface area contributed by atoms with E-state index in [9.17, 15) is 9.59 Å². The Kier molecular flexibility index (Phi) is 3.80. The molecule has 0 aliphatic carbocycles. The highest BCUT2D eigenvalue weighted by Crippen LogP contribution is 2.27. The highest BCUT2D eigenvalue weighted by molar-refractivity contribution is 9.10. The van der Waals surface area contributed by atoms with Crippen LogP contribution in [0, 0.1) is 0 Å². The minimum Gasteiger partial charge on any atom is -0.478 e. The van der Waals surface area contributed by atoms with Crippen molar-refractivity contribution < 1.29 is 19.1 Å². The van der Waals surface area contributed by atoms with Crippen molar-refractivity contribution in [3.05, 3.63) is 46.3 Å². The number of aromatic carboxylic acids is 1. The van der Waals surface area contributed by atoms with Gasteiger partial charge in [-0.1, -0.05) is 0 Å². The molecule has 20 heavy (non-hydrogen) atoms. The quantitative estimate of drug-likeness (QED) is 0.838. The summed E-state index contributed by atoms with van der Waals surface area (Å²) in [7, 11) is 1.55. The molecule has 104 valence electrons. The fourth-order valence-corrected chi connectivity index (χ4v) is 2.14. The molecule has 0 aliphatic heterocycles. The van der Waals surface area contributed by atoms with E-state index in [1.54, 1.807) is 7.05 Å². The monoisotopic (exact) mass is 338 g/mol. The molecule has 0 radical (unpaired) electrons. The standard InChI is InChI=1S/C13H11BrN2O4/c1-16(12(17)8-4-5-20-11(8)14)10-3-2-7(13(18)19)6-9(10)15/h2-6H,15H2,1H3,(H,18,19). The average molecular weight is 339 g/mol. The number of furan rings is 1. The molecule has 2 rings (SSSR count). The summed E-state index contributed by atoms with van der Waals surface area (Å²) in [6, 6.07) is 5.73. The van der Waals surface area contributed by atoms with E-state index in [1.165, 1.54) is 35.4 Å². The zero-order chi connectivity index (χ0) is 14.9. The first-order valence-electron chi connectivity index (χ1n) is 5.55. The van der Waals surface area contributed by atoms with Crippen molar-refractivity contribution in [2.24, 2.45) is 0 Å². The van der Waals surface area contributed by atoms with Gasteiger partial charge in [-0.15, -0.1) is 0 Å². The molecule has 0 atom stereocenters. The molecule has 0 saturated heterocycles. The number of anilines is 2. The lowest BCUT2D eigenvalue weighted by atomic mass is 10.1. The molecule has 0 fully saturated rings. The van der Waals surface area contributed by atoms with E-state index in [1.807, 2.05) is 0 Å². The minimum atomic E-state index is -1.07. The molecule has 1 aromatic heterocycles. The Bertz CT molecular complexity index is 681. The van der Waals surface area contributed by atoms with Gasteiger partial charge in [0, 0.05) is 7.05 Å². The first-order chi connectivity index (χ1) is 9.41. The van der Waals surface area contributed by atoms with Crippen molar-refractivity contribution in [3.63, 3.8) is 0 Å². The van der Waals surface area contributed by atoms with Crippen LogP contribution in [-0.4, -0.2) is 24.0 Å². The zero-order valence-electron chi connectivity index (χ0n) is 10.5. The second-order valence-electron chi connectivity index (χ2n) is 4.05. The van der Waals surface area contributed by atoms with E-state index in [-0.39, 0.29) is 17.2 Å². The first kappa shape index (κ1) is 14.1. The van der Waals surface area contributed by atoms with Gasteiger partial charge >= 0.3 is 5.97 Å². The largest absolute Gasteiger partial charge is 0.478 e. The molecular weight excluding hydrogens is 328 g/mol. The SMILES string of the molecule is CN(C(=O)c1ccoc1Br)c1ccc(C(=O)O)cc1N. The highest BCUT2D eigenvalue weighted by atomic mass is 79.9. The summed E-state index contributed by atoms with van der Waals surface area (Å²) in [5, 5.41) is 8.88. The number of carbonyl (C=O) groups is 2. The molecule has 0 bridgehead atoms. The topological polar surface area (TPSA) is 96.8 Å². The third-order valence-electron chi connectivity index (χ3n) is 2.79. The highest BCUT2D eigenvalue weighted by Gasteiger charge is 2.20. The molecule has 7 heteroatoms. The number of halogens is 1. The number of amides is 1. The third kappa shape index (κ3) is 2.53. The van der Waals surface area contributed by atoms with Crippen molar-refractivity contribution in [3.8, 4) is 0 Å². The summed E-state index contributed by atoms with van der Waals surface area (Å²) in [5.41, 5.74) is 6.85. The summed E-state index contributed by atoms with van der Waals surface area (Å²) >= 11 is 3.13. The number of nitrogens with zero attached hydrogens (tertiary/aromatic N) is 1. The minimum absolute atomic E-state index is 0.0663. The lowest BCUT2D eigenvalue weighted by Crippen LogP contribution is -2.27. The number of nitrogens with two attached hydrogens (primary N) is 1. The number of carboxylic acid groups (broad SMARTS) is 1. The van der Waals surface area contributed by atoms with Crippen LogP contribution in [0.3, 0.4) is 0 Å². The maximum Gasteiger partial charge on any atom is 0.335 e. The molecule has 0 unspecified atom stereocenters. The third-order valence-corrected chi connectivity index (χ3v) is 3.40. The van der Waals surface area contributed by atoms with Gasteiger partial charge in [-0.05, 0) is 40.2 Å². The van der Waals surface area contributed by atoms with E-state index < -0.39 is 5.97 Å². The van der Waals surface area contributed by atoms with Crippen molar-refractivity contribution in [1.29, 1.82) is 0 Å². The summed E-state index contributed by atoms with van der Waals surface area (Å²) in [6.07, 6.45) is 1.39. The Balaban J connectivity index is 2.34. The smallest absolute Gasteiger partial charge is 0.335 e. The van der Waals surface area contributed by atoms with Crippen LogP contribution in [0.1, 0.15) is 20.7 Å². The van der Waals surface area contributed by atoms with Crippen LogP contribution in [0.2, 0.25) is 0 Å². The summed E-state index contributed by atoms with van der Waals surface area (Å²) in [4.78, 5) is 24.4. The van der Waals surface area contributed by atoms with Gasteiger partial charge in [-0.2, -0.15) is 0 Å². The average Bonchev–Trinajstić information content (AvgIpc) is 2.83. The summed E-state index contributed by atoms with van der Waals surface area (Å²) < 4.78 is 5.34. The maximum atomic E-state index is 12.3. The fraction of sp³-hybridized carbons (Fsp3) is 0.0769. The lowest BCUT2D eigenvalue weighted by molar-refractivity contribution is 0.0697. The van der Waals surface area contributed by atoms with Crippen LogP contribution in [-0.2, 0) is 0 Å². The molecule has 1 amide bonds. The number of hydrogen-bond donors (Lipinski definition) is 2. The van der Waals surface area contributed by atoms with Crippen LogP contribution in [0.25, 0.3) is 0 Å². The van der Waals surface area contributed by atoms with E-state index >= 15 is 0 Å². The van der Waals surface area contributed by atoms with Gasteiger partial charge in [0.2, 0.25) is 0 Å². The fourth-order valence-electron chi connectivity index (χ4n) is 1.73. The van der Waals surface area contributed by atoms with Gasteiger partial charge in [0.15, 0.2) is 4.67 Å². The number of carboxylic acids is 1. The second kappa shape index (κ2) is 5.38. The molecule has 2 aromatic rings. The Morgan fingerprint density at radius 2 is 2.05 bits per heavy atom. The van der Waals surface area contributed by atoms with Gasteiger partial charge in [-0.3, -0.25) is 4.79 Å². The van der Waals surface area contributed by atoms with Crippen LogP contribution in [0.15, 0.2) is 39.6 Å². The van der Waals surface area contributed by atoms with Gasteiger partial charge < -0.3 is 20.2 Å². The molecule has 0 spiro atoms. The van der Waals surface area contributed by atoms with Crippen LogP contribution in [0.5, 0.6) is 0 Å². The maximum absolute atomic E-state index is 12.3. The van der Waals surface area contributed by atoms with Crippen LogP contribution in [0.4, 0.5) is 11.4 Å². The van der Waals surface area contributed by atoms with Crippen molar-refractivity contribution in [2.45, 2.75) is 0 Å². The van der Waals surface area contributed by atoms with E-state index in [0.717, 1.165) is 0 Å². The molecule has 1 heterocycles. The predicted octanol–water partition coefficient (Wildman–Crippen LogP) is 2.60. The van der Waals surface area contributed by atoms with E-state index in [2.05, 4.69) is 15.9 Å². The molecule has 0 aliphatic rings. The first-order valence-corrected chi connectivity index (χ1v) is 6.35. The van der Waals surface area contributed by atoms with E-state index in [4.69, 9.17) is 15.3 Å². The molecule has 3 N–H and O–H groups in total. The number of carbonyl (C=O) groups excluding carboxylic acids is 1. The normalized spacial score (nSPS) is 10.3. The predicted molar refractivity (Wildman–Crippen MR) is 77.0 cm³/mol. The number of rotatable bonds is 3. The summed E-state index contributed by atoms with van der Waals surface area (Å²) in [6.45, 7) is 0. The second-order valence-corrected chi connectivity index (χ2v) is 4.77. The number of hydrogen-bond acceptors (Lipinski definition) is 4. The molecule has 0 saturated carbocycles. The zero-order valence-corrected chi connectivity index (χ0v) is 12.0. The Hall–Kier alpha value is -2.28. The Labute approximate surface area is 122 Å². The Morgan fingerprint density at radius 1 is 1.35 bits per heavy atom. The van der Waals surface area contributed by atoms with Crippen LogP contribution < -0.4 is 10.6 Å². The molecular formula is C13H11BrN2O4. The Morgan fingerprint density at radius 3 is 2.55 bits per heavy atom. The number of nitrogen functional groups attached to an aromatic ring is 1. The molecule has 1 aromatic carbocycles. The van der Waals surface area contributed by atoms with Gasteiger partial charge in [-0.25, -0.2) is 4.79 Å². The van der Waals surface area contributed by atoms with Gasteiger partial charge in [0.1, 0.15) is 0 Å². The van der Waals surface area contributed by atoms with Crippen molar-refractivity contribution >= 4 is 39.2 Å². The van der Waals surface area contributed by atoms with Crippen molar-refractivity contribution in [1.82, 2.24) is 0 Å².